The van der Waals surface area contributed by atoms with Crippen LogP contribution in [0.5, 0.6) is 0 Å². The van der Waals surface area contributed by atoms with Gasteiger partial charge in [-0.3, -0.25) is 0 Å². The molecule has 2 rings (SSSR count). The van der Waals surface area contributed by atoms with Crippen molar-refractivity contribution in [3.63, 3.8) is 0 Å². The minimum Gasteiger partial charge on any atom is -0.381 e. The van der Waals surface area contributed by atoms with Crippen LogP contribution in [0.15, 0.2) is 58.3 Å². The van der Waals surface area contributed by atoms with E-state index in [1.807, 2.05) is 11.8 Å². The van der Waals surface area contributed by atoms with Gasteiger partial charge in [0.05, 0.1) is 11.4 Å². The summed E-state index contributed by atoms with van der Waals surface area (Å²) in [4.78, 5) is 2.55. The lowest BCUT2D eigenvalue weighted by molar-refractivity contribution is 0.682. The van der Waals surface area contributed by atoms with Crippen LogP contribution >= 0.6 is 11.8 Å². The molecule has 2 unspecified atom stereocenters. The number of hydrogen-bond acceptors (Lipinski definition) is 3. The third kappa shape index (κ3) is 6.32. The molecule has 0 radical (unpaired) electrons. The van der Waals surface area contributed by atoms with Crippen LogP contribution in [0.2, 0.25) is 0 Å². The number of nitrogens with one attached hydrogen (secondary N) is 2. The molecule has 0 spiro atoms. The minimum atomic E-state index is 0.463. The summed E-state index contributed by atoms with van der Waals surface area (Å²) in [6.45, 7) is 9.01. The lowest BCUT2D eigenvalue weighted by atomic mass is 10.1. The Balaban J connectivity index is 2.29. The van der Waals surface area contributed by atoms with Gasteiger partial charge in [-0.25, -0.2) is 0 Å². The molecule has 0 amide bonds. The number of hydrogen-bond donors (Lipinski definition) is 2. The summed E-state index contributed by atoms with van der Waals surface area (Å²) in [5.41, 5.74) is 2.45. The van der Waals surface area contributed by atoms with E-state index < -0.39 is 0 Å². The second kappa shape index (κ2) is 10.4. The summed E-state index contributed by atoms with van der Waals surface area (Å²) >= 11 is 1.83. The van der Waals surface area contributed by atoms with Crippen molar-refractivity contribution in [2.45, 2.75) is 75.3 Å². The van der Waals surface area contributed by atoms with Crippen molar-refractivity contribution in [2.24, 2.45) is 0 Å². The Bertz CT molecular complexity index is 627. The van der Waals surface area contributed by atoms with E-state index in [2.05, 4.69) is 86.9 Å². The van der Waals surface area contributed by atoms with Crippen LogP contribution in [-0.2, 0) is 0 Å². The molecule has 25 heavy (non-hydrogen) atoms. The van der Waals surface area contributed by atoms with E-state index >= 15 is 0 Å². The highest BCUT2D eigenvalue weighted by Crippen LogP contribution is 2.38. The van der Waals surface area contributed by atoms with E-state index in [4.69, 9.17) is 0 Å². The molecule has 3 heteroatoms. The SMILES string of the molecule is CCCC(C)Nc1cccc(Sc2ccccc2)c1NC(C)CCC. The number of benzene rings is 2. The first-order chi connectivity index (χ1) is 12.1. The zero-order valence-electron chi connectivity index (χ0n) is 16.0. The molecule has 0 saturated carbocycles. The van der Waals surface area contributed by atoms with Crippen LogP contribution in [0, 0.1) is 0 Å². The summed E-state index contributed by atoms with van der Waals surface area (Å²) in [5.74, 6) is 0. The number of para-hydroxylation sites is 1. The summed E-state index contributed by atoms with van der Waals surface area (Å²) in [6, 6.07) is 18.1. The topological polar surface area (TPSA) is 24.1 Å². The molecular formula is C22H32N2S. The summed E-state index contributed by atoms with van der Waals surface area (Å²) in [5, 5.41) is 7.47. The second-order valence-corrected chi connectivity index (χ2v) is 7.88. The largest absolute Gasteiger partial charge is 0.381 e. The van der Waals surface area contributed by atoms with Crippen molar-refractivity contribution >= 4 is 23.1 Å². The van der Waals surface area contributed by atoms with Gasteiger partial charge < -0.3 is 10.6 Å². The molecule has 2 aromatic rings. The van der Waals surface area contributed by atoms with Crippen LogP contribution in [0.3, 0.4) is 0 Å². The smallest absolute Gasteiger partial charge is 0.0719 e. The van der Waals surface area contributed by atoms with E-state index in [-0.39, 0.29) is 0 Å². The molecule has 2 atom stereocenters. The van der Waals surface area contributed by atoms with Crippen molar-refractivity contribution in [3.8, 4) is 0 Å². The first-order valence-electron chi connectivity index (χ1n) is 9.53. The Hall–Kier alpha value is -1.61. The molecule has 0 bridgehead atoms. The van der Waals surface area contributed by atoms with E-state index in [1.54, 1.807) is 0 Å². The predicted molar refractivity (Wildman–Crippen MR) is 113 cm³/mol. The molecule has 0 aromatic heterocycles. The third-order valence-corrected chi connectivity index (χ3v) is 5.30. The van der Waals surface area contributed by atoms with Crippen molar-refractivity contribution in [1.29, 1.82) is 0 Å². The van der Waals surface area contributed by atoms with Crippen LogP contribution < -0.4 is 10.6 Å². The molecule has 136 valence electrons. The summed E-state index contributed by atoms with van der Waals surface area (Å²) in [6.07, 6.45) is 4.74. The fourth-order valence-electron chi connectivity index (χ4n) is 3.02. The fraction of sp³-hybridized carbons (Fsp3) is 0.455. The van der Waals surface area contributed by atoms with Gasteiger partial charge in [-0.1, -0.05) is 62.7 Å². The van der Waals surface area contributed by atoms with E-state index in [1.165, 1.54) is 46.8 Å². The number of anilines is 2. The maximum absolute atomic E-state index is 3.76. The Labute approximate surface area is 157 Å². The molecule has 0 heterocycles. The fourth-order valence-corrected chi connectivity index (χ4v) is 3.99. The Kier molecular flexibility index (Phi) is 8.20. The van der Waals surface area contributed by atoms with Crippen LogP contribution in [-0.4, -0.2) is 12.1 Å². The molecule has 2 nitrogen and oxygen atoms in total. The van der Waals surface area contributed by atoms with Gasteiger partial charge in [-0.15, -0.1) is 0 Å². The molecule has 0 saturated heterocycles. The zero-order chi connectivity index (χ0) is 18.1. The number of rotatable bonds is 10. The Morgan fingerprint density at radius 1 is 0.800 bits per heavy atom. The monoisotopic (exact) mass is 356 g/mol. The summed E-state index contributed by atoms with van der Waals surface area (Å²) in [7, 11) is 0. The molecule has 0 aliphatic rings. The van der Waals surface area contributed by atoms with Crippen molar-refractivity contribution < 1.29 is 0 Å². The van der Waals surface area contributed by atoms with Crippen LogP contribution in [0.1, 0.15) is 53.4 Å². The lowest BCUT2D eigenvalue weighted by Crippen LogP contribution is -2.20. The average Bonchev–Trinajstić information content (AvgIpc) is 2.59. The van der Waals surface area contributed by atoms with Gasteiger partial charge in [0, 0.05) is 21.9 Å². The van der Waals surface area contributed by atoms with Crippen molar-refractivity contribution in [3.05, 3.63) is 48.5 Å². The van der Waals surface area contributed by atoms with Gasteiger partial charge in [-0.2, -0.15) is 0 Å². The average molecular weight is 357 g/mol. The third-order valence-electron chi connectivity index (χ3n) is 4.23. The molecule has 2 N–H and O–H groups in total. The van der Waals surface area contributed by atoms with E-state index in [9.17, 15) is 0 Å². The highest BCUT2D eigenvalue weighted by Gasteiger charge is 2.13. The molecule has 0 aliphatic carbocycles. The molecular weight excluding hydrogens is 324 g/mol. The van der Waals surface area contributed by atoms with Gasteiger partial charge in [0.15, 0.2) is 0 Å². The standard InChI is InChI=1S/C22H32N2S/c1-5-11-17(3)23-20-15-10-16-21(22(20)24-18(4)12-6-2)25-19-13-8-7-9-14-19/h7-10,13-18,23-24H,5-6,11-12H2,1-4H3. The van der Waals surface area contributed by atoms with Gasteiger partial charge in [0.25, 0.3) is 0 Å². The molecule has 2 aromatic carbocycles. The Morgan fingerprint density at radius 2 is 1.44 bits per heavy atom. The van der Waals surface area contributed by atoms with Crippen molar-refractivity contribution in [1.82, 2.24) is 0 Å². The van der Waals surface area contributed by atoms with Gasteiger partial charge in [0.2, 0.25) is 0 Å². The van der Waals surface area contributed by atoms with E-state index in [0.29, 0.717) is 12.1 Å². The molecule has 0 aliphatic heterocycles. The van der Waals surface area contributed by atoms with Crippen LogP contribution in [0.25, 0.3) is 0 Å². The van der Waals surface area contributed by atoms with Crippen LogP contribution in [0.4, 0.5) is 11.4 Å². The first-order valence-corrected chi connectivity index (χ1v) is 10.3. The molecule has 0 fully saturated rings. The maximum Gasteiger partial charge on any atom is 0.0719 e. The maximum atomic E-state index is 3.76. The van der Waals surface area contributed by atoms with E-state index in [0.717, 1.165) is 0 Å². The highest BCUT2D eigenvalue weighted by atomic mass is 32.2. The van der Waals surface area contributed by atoms with Crippen molar-refractivity contribution in [2.75, 3.05) is 10.6 Å². The van der Waals surface area contributed by atoms with Gasteiger partial charge in [-0.05, 0) is 51.0 Å². The lowest BCUT2D eigenvalue weighted by Gasteiger charge is -2.23. The second-order valence-electron chi connectivity index (χ2n) is 6.76. The van der Waals surface area contributed by atoms with Gasteiger partial charge >= 0.3 is 0 Å². The quantitative estimate of drug-likeness (QED) is 0.477. The minimum absolute atomic E-state index is 0.463. The Morgan fingerprint density at radius 3 is 2.08 bits per heavy atom. The van der Waals surface area contributed by atoms with Gasteiger partial charge in [0.1, 0.15) is 0 Å². The zero-order valence-corrected chi connectivity index (χ0v) is 16.8. The summed E-state index contributed by atoms with van der Waals surface area (Å²) < 4.78 is 0. The highest BCUT2D eigenvalue weighted by molar-refractivity contribution is 7.99. The normalized spacial score (nSPS) is 13.3. The first kappa shape index (κ1) is 19.7. The predicted octanol–water partition coefficient (Wildman–Crippen LogP) is 7.04.